The molecule has 1 aromatic rings. The minimum atomic E-state index is -0.867. The maximum Gasteiger partial charge on any atom is 0.315 e. The quantitative estimate of drug-likeness (QED) is 0.819. The molecule has 0 radical (unpaired) electrons. The van der Waals surface area contributed by atoms with Gasteiger partial charge in [0.2, 0.25) is 0 Å². The first kappa shape index (κ1) is 13.7. The summed E-state index contributed by atoms with van der Waals surface area (Å²) in [4.78, 5) is 11.6. The van der Waals surface area contributed by atoms with Crippen LogP contribution in [-0.2, 0) is 20.5 Å². The maximum atomic E-state index is 11.6. The van der Waals surface area contributed by atoms with Gasteiger partial charge in [-0.1, -0.05) is 24.3 Å². The lowest BCUT2D eigenvalue weighted by molar-refractivity contribution is -0.146. The Bertz CT molecular complexity index is 396. The molecule has 0 saturated heterocycles. The molecule has 0 heterocycles. The van der Waals surface area contributed by atoms with E-state index in [4.69, 9.17) is 4.74 Å². The third-order valence-electron chi connectivity index (χ3n) is 3.01. The number of aliphatic hydroxyl groups is 1. The summed E-state index contributed by atoms with van der Waals surface area (Å²) in [5, 5.41) is 9.85. The van der Waals surface area contributed by atoms with E-state index < -0.39 is 11.0 Å². The van der Waals surface area contributed by atoms with Crippen molar-refractivity contribution in [1.82, 2.24) is 0 Å². The highest BCUT2D eigenvalue weighted by Crippen LogP contribution is 2.27. The molecule has 0 amide bonds. The highest BCUT2D eigenvalue weighted by atomic mass is 16.5. The second kappa shape index (κ2) is 4.49. The predicted octanol–water partition coefficient (Wildman–Crippen LogP) is 2.36. The Labute approximate surface area is 102 Å². The van der Waals surface area contributed by atoms with Gasteiger partial charge in [-0.05, 0) is 38.8 Å². The SMILES string of the molecule is COC(=O)C(C)(C)c1ccc(C(C)(C)O)cc1. The molecule has 0 atom stereocenters. The fraction of sp³-hybridized carbons (Fsp3) is 0.500. The van der Waals surface area contributed by atoms with Crippen molar-refractivity contribution >= 4 is 5.97 Å². The topological polar surface area (TPSA) is 46.5 Å². The van der Waals surface area contributed by atoms with E-state index in [9.17, 15) is 9.90 Å². The van der Waals surface area contributed by atoms with Crippen LogP contribution in [0.3, 0.4) is 0 Å². The first-order chi connectivity index (χ1) is 7.69. The van der Waals surface area contributed by atoms with E-state index in [2.05, 4.69) is 0 Å². The summed E-state index contributed by atoms with van der Waals surface area (Å²) in [6, 6.07) is 7.37. The molecule has 94 valence electrons. The largest absolute Gasteiger partial charge is 0.468 e. The average molecular weight is 236 g/mol. The van der Waals surface area contributed by atoms with Gasteiger partial charge < -0.3 is 9.84 Å². The summed E-state index contributed by atoms with van der Waals surface area (Å²) in [6.45, 7) is 7.09. The second-order valence-corrected chi connectivity index (χ2v) is 5.25. The molecular formula is C14H20O3. The Morgan fingerprint density at radius 2 is 1.47 bits per heavy atom. The number of benzene rings is 1. The Morgan fingerprint density at radius 3 is 1.82 bits per heavy atom. The molecule has 17 heavy (non-hydrogen) atoms. The fourth-order valence-electron chi connectivity index (χ4n) is 1.67. The summed E-state index contributed by atoms with van der Waals surface area (Å²) in [5.74, 6) is -0.270. The molecule has 1 aromatic carbocycles. The van der Waals surface area contributed by atoms with E-state index >= 15 is 0 Å². The van der Waals surface area contributed by atoms with Gasteiger partial charge in [-0.2, -0.15) is 0 Å². The van der Waals surface area contributed by atoms with E-state index in [1.165, 1.54) is 7.11 Å². The Morgan fingerprint density at radius 1 is 1.06 bits per heavy atom. The first-order valence-electron chi connectivity index (χ1n) is 5.61. The molecular weight excluding hydrogens is 216 g/mol. The van der Waals surface area contributed by atoms with Gasteiger partial charge in [0.15, 0.2) is 0 Å². The summed E-state index contributed by atoms with van der Waals surface area (Å²) in [7, 11) is 1.38. The van der Waals surface area contributed by atoms with Crippen molar-refractivity contribution in [3.05, 3.63) is 35.4 Å². The molecule has 0 aliphatic carbocycles. The zero-order valence-corrected chi connectivity index (χ0v) is 11.1. The standard InChI is InChI=1S/C14H20O3/c1-13(2,12(15)17-5)10-6-8-11(9-7-10)14(3,4)16/h6-9,16H,1-5H3. The lowest BCUT2D eigenvalue weighted by atomic mass is 9.83. The van der Waals surface area contributed by atoms with Crippen LogP contribution in [0.15, 0.2) is 24.3 Å². The number of hydrogen-bond acceptors (Lipinski definition) is 3. The van der Waals surface area contributed by atoms with Crippen molar-refractivity contribution in [2.45, 2.75) is 38.7 Å². The number of carbonyl (C=O) groups is 1. The lowest BCUT2D eigenvalue weighted by Gasteiger charge is -2.24. The minimum Gasteiger partial charge on any atom is -0.468 e. The van der Waals surface area contributed by atoms with Crippen molar-refractivity contribution in [2.75, 3.05) is 7.11 Å². The molecule has 0 aliphatic heterocycles. The average Bonchev–Trinajstić information content (AvgIpc) is 2.27. The zero-order chi connectivity index (χ0) is 13.3. The predicted molar refractivity (Wildman–Crippen MR) is 66.7 cm³/mol. The Balaban J connectivity index is 3.07. The molecule has 0 spiro atoms. The second-order valence-electron chi connectivity index (χ2n) is 5.25. The van der Waals surface area contributed by atoms with Crippen molar-refractivity contribution in [3.8, 4) is 0 Å². The third-order valence-corrected chi connectivity index (χ3v) is 3.01. The van der Waals surface area contributed by atoms with Gasteiger partial charge in [0.05, 0.1) is 18.1 Å². The van der Waals surface area contributed by atoms with Gasteiger partial charge in [-0.3, -0.25) is 4.79 Å². The summed E-state index contributed by atoms with van der Waals surface area (Å²) < 4.78 is 4.78. The van der Waals surface area contributed by atoms with Gasteiger partial charge in [0.25, 0.3) is 0 Å². The molecule has 0 unspecified atom stereocenters. The van der Waals surface area contributed by atoms with Crippen LogP contribution in [0, 0.1) is 0 Å². The van der Waals surface area contributed by atoms with Gasteiger partial charge in [0.1, 0.15) is 0 Å². The normalized spacial score (nSPS) is 12.4. The van der Waals surface area contributed by atoms with E-state index in [0.717, 1.165) is 11.1 Å². The maximum absolute atomic E-state index is 11.6. The Kier molecular flexibility index (Phi) is 3.62. The van der Waals surface area contributed by atoms with Crippen molar-refractivity contribution in [3.63, 3.8) is 0 Å². The third kappa shape index (κ3) is 2.86. The van der Waals surface area contributed by atoms with Gasteiger partial charge in [0, 0.05) is 0 Å². The molecule has 0 aromatic heterocycles. The van der Waals surface area contributed by atoms with E-state index in [0.29, 0.717) is 0 Å². The molecule has 1 rings (SSSR count). The monoisotopic (exact) mass is 236 g/mol. The molecule has 1 N–H and O–H groups in total. The smallest absolute Gasteiger partial charge is 0.315 e. The van der Waals surface area contributed by atoms with Crippen LogP contribution in [0.4, 0.5) is 0 Å². The van der Waals surface area contributed by atoms with Crippen molar-refractivity contribution < 1.29 is 14.6 Å². The van der Waals surface area contributed by atoms with Crippen LogP contribution in [0.25, 0.3) is 0 Å². The van der Waals surface area contributed by atoms with Gasteiger partial charge in [-0.15, -0.1) is 0 Å². The van der Waals surface area contributed by atoms with Crippen LogP contribution < -0.4 is 0 Å². The van der Waals surface area contributed by atoms with Gasteiger partial charge in [-0.25, -0.2) is 0 Å². The number of carbonyl (C=O) groups excluding carboxylic acids is 1. The zero-order valence-electron chi connectivity index (χ0n) is 11.1. The van der Waals surface area contributed by atoms with Gasteiger partial charge >= 0.3 is 5.97 Å². The van der Waals surface area contributed by atoms with Crippen molar-refractivity contribution in [2.24, 2.45) is 0 Å². The first-order valence-corrected chi connectivity index (χ1v) is 5.61. The Hall–Kier alpha value is -1.35. The van der Waals surface area contributed by atoms with Crippen molar-refractivity contribution in [1.29, 1.82) is 0 Å². The van der Waals surface area contributed by atoms with E-state index in [1.807, 2.05) is 38.1 Å². The molecule has 0 aliphatic rings. The molecule has 0 bridgehead atoms. The molecule has 0 fully saturated rings. The van der Waals surface area contributed by atoms with E-state index in [-0.39, 0.29) is 5.97 Å². The van der Waals surface area contributed by atoms with Crippen LogP contribution in [0.2, 0.25) is 0 Å². The van der Waals surface area contributed by atoms with E-state index in [1.54, 1.807) is 13.8 Å². The molecule has 3 nitrogen and oxygen atoms in total. The van der Waals surface area contributed by atoms with Crippen LogP contribution in [-0.4, -0.2) is 18.2 Å². The highest BCUT2D eigenvalue weighted by molar-refractivity contribution is 5.82. The number of esters is 1. The fourth-order valence-corrected chi connectivity index (χ4v) is 1.67. The number of hydrogen-bond donors (Lipinski definition) is 1. The number of ether oxygens (including phenoxy) is 1. The minimum absolute atomic E-state index is 0.270. The molecule has 0 saturated carbocycles. The lowest BCUT2D eigenvalue weighted by Crippen LogP contribution is -2.30. The highest BCUT2D eigenvalue weighted by Gasteiger charge is 2.31. The summed E-state index contributed by atoms with van der Waals surface area (Å²) in [6.07, 6.45) is 0. The van der Waals surface area contributed by atoms with Crippen LogP contribution in [0.5, 0.6) is 0 Å². The number of methoxy groups -OCH3 is 1. The molecule has 3 heteroatoms. The summed E-state index contributed by atoms with van der Waals surface area (Å²) >= 11 is 0. The van der Waals surface area contributed by atoms with Crippen LogP contribution >= 0.6 is 0 Å². The number of rotatable bonds is 3. The van der Waals surface area contributed by atoms with Crippen LogP contribution in [0.1, 0.15) is 38.8 Å². The summed E-state index contributed by atoms with van der Waals surface area (Å²) in [5.41, 5.74) is 0.153.